The highest BCUT2D eigenvalue weighted by molar-refractivity contribution is 7.99. The number of fused-ring (bicyclic) bond motifs is 1. The number of thioether (sulfide) groups is 1. The van der Waals surface area contributed by atoms with Gasteiger partial charge >= 0.3 is 6.18 Å². The number of halogens is 3. The summed E-state index contributed by atoms with van der Waals surface area (Å²) in [5, 5.41) is 3.17. The summed E-state index contributed by atoms with van der Waals surface area (Å²) in [6.45, 7) is 8.64. The van der Waals surface area contributed by atoms with Crippen LogP contribution in [0.4, 0.5) is 30.5 Å². The average molecular weight is 619 g/mol. The SMILES string of the molecule is CCc1cc(N2CCN(C)[C@H](C)C2)ccc1Nc1ncc(C(F)(F)F)c(-c2cc3c(s2)C(=O)N(C2COC2)CCS3)n1. The van der Waals surface area contributed by atoms with E-state index in [0.717, 1.165) is 60.5 Å². The maximum atomic E-state index is 14.1. The fourth-order valence-corrected chi connectivity index (χ4v) is 7.73. The first kappa shape index (κ1) is 29.2. The molecule has 0 bridgehead atoms. The molecule has 0 aliphatic carbocycles. The number of ether oxygens (including phenoxy) is 1. The van der Waals surface area contributed by atoms with E-state index < -0.39 is 11.7 Å². The van der Waals surface area contributed by atoms with Gasteiger partial charge in [-0.1, -0.05) is 6.92 Å². The molecule has 1 aromatic carbocycles. The van der Waals surface area contributed by atoms with Gasteiger partial charge in [0.25, 0.3) is 5.91 Å². The normalized spacial score (nSPS) is 20.3. The number of amides is 1. The molecule has 0 unspecified atom stereocenters. The van der Waals surface area contributed by atoms with E-state index in [9.17, 15) is 18.0 Å². The second-order valence-electron chi connectivity index (χ2n) is 10.9. The van der Waals surface area contributed by atoms with Crippen molar-refractivity contribution in [1.29, 1.82) is 0 Å². The van der Waals surface area contributed by atoms with Gasteiger partial charge in [0.15, 0.2) is 0 Å². The molecule has 3 aliphatic heterocycles. The predicted molar refractivity (Wildman–Crippen MR) is 160 cm³/mol. The number of rotatable bonds is 6. The van der Waals surface area contributed by atoms with E-state index in [1.165, 1.54) is 11.8 Å². The van der Waals surface area contributed by atoms with Crippen molar-refractivity contribution in [1.82, 2.24) is 19.8 Å². The van der Waals surface area contributed by atoms with Crippen LogP contribution in [0.5, 0.6) is 0 Å². The van der Waals surface area contributed by atoms with Crippen LogP contribution in [0.3, 0.4) is 0 Å². The maximum absolute atomic E-state index is 14.1. The molecule has 0 saturated carbocycles. The fourth-order valence-electron chi connectivity index (χ4n) is 5.42. The van der Waals surface area contributed by atoms with Crippen LogP contribution in [0, 0.1) is 0 Å². The van der Waals surface area contributed by atoms with Crippen molar-refractivity contribution < 1.29 is 22.7 Å². The summed E-state index contributed by atoms with van der Waals surface area (Å²) in [4.78, 5) is 29.7. The van der Waals surface area contributed by atoms with Gasteiger partial charge in [-0.3, -0.25) is 4.79 Å². The number of hydrogen-bond acceptors (Lipinski definition) is 9. The lowest BCUT2D eigenvalue weighted by molar-refractivity contribution is -0.137. The zero-order valence-corrected chi connectivity index (χ0v) is 25.3. The van der Waals surface area contributed by atoms with Gasteiger partial charge in [0.05, 0.1) is 29.8 Å². The van der Waals surface area contributed by atoms with E-state index in [0.29, 0.717) is 46.2 Å². The number of aryl methyl sites for hydroxylation is 1. The summed E-state index contributed by atoms with van der Waals surface area (Å²) in [6.07, 6.45) is -3.10. The van der Waals surface area contributed by atoms with Crippen LogP contribution in [0.15, 0.2) is 35.4 Å². The number of benzene rings is 1. The van der Waals surface area contributed by atoms with Crippen molar-refractivity contribution >= 4 is 46.3 Å². The molecule has 13 heteroatoms. The van der Waals surface area contributed by atoms with E-state index in [-0.39, 0.29) is 23.6 Å². The van der Waals surface area contributed by atoms with Gasteiger partial charge < -0.3 is 24.8 Å². The van der Waals surface area contributed by atoms with Crippen molar-refractivity contribution in [2.24, 2.45) is 0 Å². The monoisotopic (exact) mass is 618 g/mol. The van der Waals surface area contributed by atoms with Crippen LogP contribution in [0.2, 0.25) is 0 Å². The molecule has 0 radical (unpaired) electrons. The van der Waals surface area contributed by atoms with Crippen molar-refractivity contribution in [3.8, 4) is 10.6 Å². The highest BCUT2D eigenvalue weighted by atomic mass is 32.2. The molecule has 2 fully saturated rings. The van der Waals surface area contributed by atoms with Crippen molar-refractivity contribution in [3.63, 3.8) is 0 Å². The number of carbonyl (C=O) groups is 1. The minimum atomic E-state index is -4.66. The van der Waals surface area contributed by atoms with Crippen molar-refractivity contribution in [2.75, 3.05) is 62.4 Å². The van der Waals surface area contributed by atoms with Crippen LogP contribution < -0.4 is 10.2 Å². The molecule has 42 heavy (non-hydrogen) atoms. The Kier molecular flexibility index (Phi) is 8.11. The van der Waals surface area contributed by atoms with Gasteiger partial charge in [-0.05, 0) is 50.2 Å². The zero-order chi connectivity index (χ0) is 29.6. The number of likely N-dealkylation sites (N-methyl/N-ethyl adjacent to an activating group) is 1. The third-order valence-corrected chi connectivity index (χ3v) is 10.5. The Morgan fingerprint density at radius 2 is 1.98 bits per heavy atom. The maximum Gasteiger partial charge on any atom is 0.420 e. The first-order chi connectivity index (χ1) is 20.1. The van der Waals surface area contributed by atoms with Gasteiger partial charge in [-0.15, -0.1) is 23.1 Å². The Morgan fingerprint density at radius 1 is 1.17 bits per heavy atom. The zero-order valence-electron chi connectivity index (χ0n) is 23.7. The van der Waals surface area contributed by atoms with E-state index in [1.54, 1.807) is 11.0 Å². The molecule has 1 N–H and O–H groups in total. The van der Waals surface area contributed by atoms with E-state index in [4.69, 9.17) is 4.74 Å². The number of alkyl halides is 3. The molecule has 5 heterocycles. The summed E-state index contributed by atoms with van der Waals surface area (Å²) in [5.74, 6) is 0.573. The molecule has 8 nitrogen and oxygen atoms in total. The predicted octanol–water partition coefficient (Wildman–Crippen LogP) is 5.62. The third-order valence-electron chi connectivity index (χ3n) is 8.17. The molecule has 0 spiro atoms. The Hall–Kier alpha value is -2.87. The van der Waals surface area contributed by atoms with Gasteiger partial charge in [0.1, 0.15) is 10.4 Å². The van der Waals surface area contributed by atoms with E-state index in [1.807, 2.05) is 19.1 Å². The molecule has 6 rings (SSSR count). The minimum absolute atomic E-state index is 0.00833. The first-order valence-corrected chi connectivity index (χ1v) is 15.9. The standard InChI is InChI=1S/C29H33F3N6O2S2/c1-4-18-11-19(37-8-7-36(3)17(2)14-37)5-6-22(18)34-28-33-13-21(29(30,31)32)25(35-28)23-12-24-26(42-23)27(39)38(9-10-41-24)20-15-40-16-20/h5-6,11-13,17,20H,4,7-10,14-16H2,1-3H3,(H,33,34,35)/t17-/m1/s1. The Balaban J connectivity index is 1.31. The average Bonchev–Trinajstić information content (AvgIpc) is 3.30. The topological polar surface area (TPSA) is 73.8 Å². The highest BCUT2D eigenvalue weighted by Crippen LogP contribution is 2.43. The second-order valence-corrected chi connectivity index (χ2v) is 13.1. The summed E-state index contributed by atoms with van der Waals surface area (Å²) >= 11 is 2.54. The molecule has 1 atom stereocenters. The number of thiophene rings is 1. The summed E-state index contributed by atoms with van der Waals surface area (Å²) in [5.41, 5.74) is 1.73. The summed E-state index contributed by atoms with van der Waals surface area (Å²) < 4.78 is 47.7. The molecule has 2 aromatic heterocycles. The molecule has 2 saturated heterocycles. The molecule has 1 amide bonds. The number of carbonyl (C=O) groups excluding carboxylic acids is 1. The Morgan fingerprint density at radius 3 is 2.67 bits per heavy atom. The first-order valence-electron chi connectivity index (χ1n) is 14.1. The number of nitrogens with zero attached hydrogens (tertiary/aromatic N) is 5. The molecule has 224 valence electrons. The summed E-state index contributed by atoms with van der Waals surface area (Å²) in [6, 6.07) is 8.21. The lowest BCUT2D eigenvalue weighted by atomic mass is 10.1. The Bertz CT molecular complexity index is 1480. The van der Waals surface area contributed by atoms with Gasteiger partial charge in [-0.25, -0.2) is 9.97 Å². The van der Waals surface area contributed by atoms with Gasteiger partial charge in [0, 0.05) is 60.4 Å². The van der Waals surface area contributed by atoms with Crippen LogP contribution >= 0.6 is 23.1 Å². The third kappa shape index (κ3) is 5.71. The number of nitrogens with one attached hydrogen (secondary N) is 1. The second kappa shape index (κ2) is 11.7. The smallest absolute Gasteiger partial charge is 0.377 e. The number of piperazine rings is 1. The number of hydrogen-bond donors (Lipinski definition) is 1. The van der Waals surface area contributed by atoms with Crippen LogP contribution in [-0.4, -0.2) is 90.0 Å². The minimum Gasteiger partial charge on any atom is -0.377 e. The number of anilines is 3. The van der Waals surface area contributed by atoms with E-state index >= 15 is 0 Å². The Labute approximate surface area is 251 Å². The van der Waals surface area contributed by atoms with Gasteiger partial charge in [0.2, 0.25) is 5.95 Å². The lowest BCUT2D eigenvalue weighted by Gasteiger charge is -2.39. The largest absolute Gasteiger partial charge is 0.420 e. The molecule has 3 aliphatic rings. The van der Waals surface area contributed by atoms with Crippen LogP contribution in [0.1, 0.15) is 34.6 Å². The van der Waals surface area contributed by atoms with Crippen molar-refractivity contribution in [3.05, 3.63) is 46.5 Å². The molecular formula is C29H33F3N6O2S2. The highest BCUT2D eigenvalue weighted by Gasteiger charge is 2.38. The summed E-state index contributed by atoms with van der Waals surface area (Å²) in [7, 11) is 2.13. The van der Waals surface area contributed by atoms with Crippen LogP contribution in [-0.2, 0) is 17.3 Å². The van der Waals surface area contributed by atoms with Gasteiger partial charge in [-0.2, -0.15) is 13.2 Å². The van der Waals surface area contributed by atoms with E-state index in [2.05, 4.69) is 45.1 Å². The molecule has 3 aromatic rings. The van der Waals surface area contributed by atoms with Crippen LogP contribution in [0.25, 0.3) is 10.6 Å². The quantitative estimate of drug-likeness (QED) is 0.382. The number of aromatic nitrogens is 2. The van der Waals surface area contributed by atoms with Crippen molar-refractivity contribution in [2.45, 2.75) is 43.4 Å². The lowest BCUT2D eigenvalue weighted by Crippen LogP contribution is -2.52. The molecular weight excluding hydrogens is 585 g/mol. The fraction of sp³-hybridized carbons (Fsp3) is 0.483.